The average Bonchev–Trinajstić information content (AvgIpc) is 3.21. The van der Waals surface area contributed by atoms with Crippen molar-refractivity contribution in [2.45, 2.75) is 45.0 Å². The minimum Gasteiger partial charge on any atom is -0.451 e. The number of halogens is 5. The predicted molar refractivity (Wildman–Crippen MR) is 93.2 cm³/mol. The van der Waals surface area contributed by atoms with Crippen molar-refractivity contribution in [1.29, 1.82) is 0 Å². The Hall–Kier alpha value is -2.81. The van der Waals surface area contributed by atoms with Crippen LogP contribution in [0.3, 0.4) is 0 Å². The van der Waals surface area contributed by atoms with Crippen molar-refractivity contribution < 1.29 is 31.6 Å². The number of hydroxylamine groups is 1. The van der Waals surface area contributed by atoms with E-state index in [-0.39, 0.29) is 30.1 Å². The summed E-state index contributed by atoms with van der Waals surface area (Å²) in [5.74, 6) is 1.86. The standard InChI is InChI=1S/C15H19F5N8O2/c1-8(26-30-21)3-5-28-24-10-11(25-28)22-13(29-9(2)15(18,19)20)23-12(10)27-6-4-14(16,17)7-27/h3,9,26H,4-7,21H2,1-2H3/b8-3+. The van der Waals surface area contributed by atoms with Crippen LogP contribution in [-0.4, -0.2) is 56.3 Å². The van der Waals surface area contributed by atoms with Gasteiger partial charge in [0, 0.05) is 18.7 Å². The van der Waals surface area contributed by atoms with E-state index in [0.29, 0.717) is 5.70 Å². The van der Waals surface area contributed by atoms with Gasteiger partial charge in [0.2, 0.25) is 5.65 Å². The van der Waals surface area contributed by atoms with Gasteiger partial charge in [0.1, 0.15) is 0 Å². The Morgan fingerprint density at radius 3 is 2.67 bits per heavy atom. The van der Waals surface area contributed by atoms with Gasteiger partial charge < -0.3 is 9.64 Å². The number of nitrogens with zero attached hydrogens (tertiary/aromatic N) is 6. The fourth-order valence-electron chi connectivity index (χ4n) is 2.67. The van der Waals surface area contributed by atoms with Crippen molar-refractivity contribution >= 4 is 17.0 Å². The van der Waals surface area contributed by atoms with E-state index in [4.69, 9.17) is 10.6 Å². The Kier molecular flexibility index (Phi) is 5.94. The molecule has 0 amide bonds. The number of nitrogens with two attached hydrogens (primary N) is 1. The normalized spacial score (nSPS) is 18.1. The zero-order chi connectivity index (χ0) is 22.1. The highest BCUT2D eigenvalue weighted by Crippen LogP contribution is 2.34. The molecular weight excluding hydrogens is 419 g/mol. The third-order valence-corrected chi connectivity index (χ3v) is 4.25. The lowest BCUT2D eigenvalue weighted by atomic mass is 10.3. The summed E-state index contributed by atoms with van der Waals surface area (Å²) < 4.78 is 70.7. The second-order valence-corrected chi connectivity index (χ2v) is 6.69. The first-order chi connectivity index (χ1) is 14.0. The van der Waals surface area contributed by atoms with Crippen molar-refractivity contribution in [1.82, 2.24) is 30.4 Å². The van der Waals surface area contributed by atoms with Crippen LogP contribution in [0.15, 0.2) is 11.8 Å². The number of rotatable bonds is 7. The van der Waals surface area contributed by atoms with E-state index in [1.807, 2.05) is 0 Å². The third kappa shape index (κ3) is 5.02. The maximum Gasteiger partial charge on any atom is 0.425 e. The SMILES string of the molecule is C/C(=C\Cn1nc2nc(OC(C)C(F)(F)F)nc(N3CCC(F)(F)C3)c2n1)NON. The maximum absolute atomic E-state index is 13.7. The van der Waals surface area contributed by atoms with Crippen LogP contribution in [0.5, 0.6) is 6.01 Å². The summed E-state index contributed by atoms with van der Waals surface area (Å²) in [6, 6.07) is -0.630. The zero-order valence-electron chi connectivity index (χ0n) is 16.0. The lowest BCUT2D eigenvalue weighted by Crippen LogP contribution is -2.32. The summed E-state index contributed by atoms with van der Waals surface area (Å²) in [6.45, 7) is 1.84. The number of nitrogens with one attached hydrogen (secondary N) is 1. The molecule has 0 spiro atoms. The van der Waals surface area contributed by atoms with E-state index in [1.165, 1.54) is 9.70 Å². The van der Waals surface area contributed by atoms with Crippen molar-refractivity contribution in [2.24, 2.45) is 5.90 Å². The molecule has 2 aromatic heterocycles. The Bertz CT molecular complexity index is 932. The van der Waals surface area contributed by atoms with Crippen molar-refractivity contribution in [3.63, 3.8) is 0 Å². The number of alkyl halides is 5. The first-order valence-electron chi connectivity index (χ1n) is 8.76. The van der Waals surface area contributed by atoms with Gasteiger partial charge in [0.25, 0.3) is 5.92 Å². The minimum absolute atomic E-state index is 0.0585. The van der Waals surface area contributed by atoms with E-state index < -0.39 is 37.2 Å². The zero-order valence-corrected chi connectivity index (χ0v) is 16.0. The fraction of sp³-hybridized carbons (Fsp3) is 0.600. The summed E-state index contributed by atoms with van der Waals surface area (Å²) in [4.78, 5) is 14.4. The Labute approximate surface area is 166 Å². The molecule has 3 heterocycles. The van der Waals surface area contributed by atoms with Crippen LogP contribution in [-0.2, 0) is 11.5 Å². The molecule has 15 heteroatoms. The minimum atomic E-state index is -4.66. The van der Waals surface area contributed by atoms with Gasteiger partial charge in [-0.15, -0.1) is 10.2 Å². The molecular formula is C15H19F5N8O2. The molecule has 10 nitrogen and oxygen atoms in total. The molecule has 0 saturated carbocycles. The molecule has 1 aliphatic rings. The van der Waals surface area contributed by atoms with Crippen LogP contribution in [0, 0.1) is 0 Å². The Morgan fingerprint density at radius 2 is 2.07 bits per heavy atom. The van der Waals surface area contributed by atoms with E-state index in [2.05, 4.69) is 30.6 Å². The van der Waals surface area contributed by atoms with Gasteiger partial charge in [-0.2, -0.15) is 38.8 Å². The fourth-order valence-corrected chi connectivity index (χ4v) is 2.67. The smallest absolute Gasteiger partial charge is 0.425 e. The molecule has 1 fully saturated rings. The van der Waals surface area contributed by atoms with Crippen LogP contribution in [0.25, 0.3) is 11.2 Å². The molecule has 3 N–H and O–H groups in total. The van der Waals surface area contributed by atoms with Gasteiger partial charge in [-0.1, -0.05) is 0 Å². The molecule has 1 saturated heterocycles. The van der Waals surface area contributed by atoms with E-state index in [9.17, 15) is 22.0 Å². The highest BCUT2D eigenvalue weighted by Gasteiger charge is 2.41. The predicted octanol–water partition coefficient (Wildman–Crippen LogP) is 1.69. The van der Waals surface area contributed by atoms with Crippen molar-refractivity contribution in [3.05, 3.63) is 11.8 Å². The lowest BCUT2D eigenvalue weighted by molar-refractivity contribution is -0.190. The number of hydrogen-bond acceptors (Lipinski definition) is 9. The number of ether oxygens (including phenoxy) is 1. The van der Waals surface area contributed by atoms with Crippen LogP contribution in [0.4, 0.5) is 27.8 Å². The molecule has 30 heavy (non-hydrogen) atoms. The maximum atomic E-state index is 13.7. The molecule has 1 unspecified atom stereocenters. The monoisotopic (exact) mass is 438 g/mol. The van der Waals surface area contributed by atoms with Gasteiger partial charge >= 0.3 is 12.2 Å². The topological polar surface area (TPSA) is 116 Å². The second-order valence-electron chi connectivity index (χ2n) is 6.69. The van der Waals surface area contributed by atoms with Crippen LogP contribution in [0.1, 0.15) is 20.3 Å². The van der Waals surface area contributed by atoms with Gasteiger partial charge in [-0.25, -0.2) is 8.78 Å². The highest BCUT2D eigenvalue weighted by atomic mass is 19.4. The quantitative estimate of drug-likeness (QED) is 0.492. The van der Waals surface area contributed by atoms with Crippen LogP contribution >= 0.6 is 0 Å². The Balaban J connectivity index is 1.98. The van der Waals surface area contributed by atoms with Crippen LogP contribution < -0.4 is 21.0 Å². The molecule has 166 valence electrons. The third-order valence-electron chi connectivity index (χ3n) is 4.25. The molecule has 0 aromatic carbocycles. The van der Waals surface area contributed by atoms with E-state index >= 15 is 0 Å². The van der Waals surface area contributed by atoms with E-state index in [1.54, 1.807) is 13.0 Å². The molecule has 3 rings (SSSR count). The van der Waals surface area contributed by atoms with Gasteiger partial charge in [0.15, 0.2) is 17.4 Å². The summed E-state index contributed by atoms with van der Waals surface area (Å²) in [5, 5.41) is 8.26. The Morgan fingerprint density at radius 1 is 1.33 bits per heavy atom. The summed E-state index contributed by atoms with van der Waals surface area (Å²) >= 11 is 0. The summed E-state index contributed by atoms with van der Waals surface area (Å²) in [7, 11) is 0. The van der Waals surface area contributed by atoms with Crippen LogP contribution in [0.2, 0.25) is 0 Å². The highest BCUT2D eigenvalue weighted by molar-refractivity contribution is 5.83. The number of fused-ring (bicyclic) bond motifs is 1. The molecule has 1 atom stereocenters. The first-order valence-corrected chi connectivity index (χ1v) is 8.76. The van der Waals surface area contributed by atoms with Gasteiger partial charge in [-0.05, 0) is 19.9 Å². The van der Waals surface area contributed by atoms with Crippen molar-refractivity contribution in [3.8, 4) is 6.01 Å². The summed E-state index contributed by atoms with van der Waals surface area (Å²) in [6.07, 6.45) is -5.68. The molecule has 2 aromatic rings. The lowest BCUT2D eigenvalue weighted by Gasteiger charge is -2.19. The van der Waals surface area contributed by atoms with Crippen molar-refractivity contribution in [2.75, 3.05) is 18.0 Å². The largest absolute Gasteiger partial charge is 0.451 e. The molecule has 0 bridgehead atoms. The van der Waals surface area contributed by atoms with Gasteiger partial charge in [-0.3, -0.25) is 5.48 Å². The molecule has 0 radical (unpaired) electrons. The molecule has 0 aliphatic carbocycles. The number of aromatic nitrogens is 5. The average molecular weight is 438 g/mol. The number of hydrogen-bond donors (Lipinski definition) is 2. The second kappa shape index (κ2) is 8.14. The first kappa shape index (κ1) is 21.9. The molecule has 1 aliphatic heterocycles. The summed E-state index contributed by atoms with van der Waals surface area (Å²) in [5.41, 5.74) is 2.89. The van der Waals surface area contributed by atoms with E-state index in [0.717, 1.165) is 6.92 Å². The van der Waals surface area contributed by atoms with Gasteiger partial charge in [0.05, 0.1) is 13.1 Å². The number of allylic oxidation sites excluding steroid dienone is 2. The number of anilines is 1.